The van der Waals surface area contributed by atoms with Crippen molar-refractivity contribution in [3.63, 3.8) is 0 Å². The topological polar surface area (TPSA) is 140 Å². The number of hydrogen-bond donors (Lipinski definition) is 1. The van der Waals surface area contributed by atoms with Gasteiger partial charge in [-0.2, -0.15) is 26.3 Å². The Bertz CT molecular complexity index is 1150. The number of nitrogens with one attached hydrogen (secondary N) is 1. The third-order valence-electron chi connectivity index (χ3n) is 5.94. The summed E-state index contributed by atoms with van der Waals surface area (Å²) < 4.78 is 78.5. The summed E-state index contributed by atoms with van der Waals surface area (Å²) in [7, 11) is 1.40. The largest absolute Gasteiger partial charge is 1.00 e. The average molecular weight is 750 g/mol. The van der Waals surface area contributed by atoms with Crippen molar-refractivity contribution in [2.75, 3.05) is 81.1 Å². The Labute approximate surface area is 284 Å². The van der Waals surface area contributed by atoms with Gasteiger partial charge in [0.1, 0.15) is 0 Å². The maximum Gasteiger partial charge on any atom is 1.00 e. The molecule has 0 atom stereocenters. The van der Waals surface area contributed by atoms with Crippen molar-refractivity contribution in [2.24, 2.45) is 0 Å². The van der Waals surface area contributed by atoms with Crippen LogP contribution in [0.4, 0.5) is 36.6 Å². The van der Waals surface area contributed by atoms with E-state index in [0.717, 1.165) is 24.8 Å². The van der Waals surface area contributed by atoms with E-state index in [1.807, 2.05) is 4.90 Å². The number of hydrogen-bond acceptors (Lipinski definition) is 14. The summed E-state index contributed by atoms with van der Waals surface area (Å²) in [5, 5.41) is 26.6. The van der Waals surface area contributed by atoms with Gasteiger partial charge in [0.15, 0.2) is 0 Å². The monoisotopic (exact) mass is 748 g/mol. The standard InChI is InChI=1S/C11H15F3N4O2S.C7H9F3N4S.C5H9BrO2.Li/c12-11(13,14)9-15-16-10(21-9)18-6-4-17(5-7-18)3-1-2-8(19)20;8-7(9,10)5-12-13-6(15-5)14-3-1-11-2-4-14;1-8-5(7)3-2-4-6;/h1-7H2,(H,19,20);11H,1-4H2;2-4H2,1H3;/q;;;+1/p-1. The molecule has 1 N–H and O–H groups in total. The molecule has 2 saturated heterocycles. The molecule has 12 nitrogen and oxygen atoms in total. The molecule has 0 unspecified atom stereocenters. The van der Waals surface area contributed by atoms with E-state index >= 15 is 0 Å². The molecule has 2 fully saturated rings. The first kappa shape index (κ1) is 41.3. The molecular formula is C23H32BrF6LiN8O4S2. The van der Waals surface area contributed by atoms with Crippen LogP contribution in [0.25, 0.3) is 0 Å². The molecule has 0 spiro atoms. The number of aliphatic carboxylic acids is 1. The fourth-order valence-corrected chi connectivity index (χ4v) is 5.50. The van der Waals surface area contributed by atoms with E-state index in [9.17, 15) is 41.0 Å². The number of methoxy groups -OCH3 is 1. The van der Waals surface area contributed by atoms with Gasteiger partial charge in [-0.05, 0) is 25.8 Å². The van der Waals surface area contributed by atoms with Crippen LogP contribution < -0.4 is 39.1 Å². The van der Waals surface area contributed by atoms with Crippen LogP contribution in [0.2, 0.25) is 0 Å². The van der Waals surface area contributed by atoms with Crippen LogP contribution in [0.15, 0.2) is 0 Å². The summed E-state index contributed by atoms with van der Waals surface area (Å²) in [6.07, 6.45) is -6.94. The number of halogens is 7. The molecular weight excluding hydrogens is 717 g/mol. The van der Waals surface area contributed by atoms with Crippen LogP contribution in [0.5, 0.6) is 0 Å². The first-order valence-electron chi connectivity index (χ1n) is 13.3. The summed E-state index contributed by atoms with van der Waals surface area (Å²) in [5.74, 6) is -1.20. The van der Waals surface area contributed by atoms with Crippen LogP contribution in [0, 0.1) is 0 Å². The number of anilines is 2. The zero-order valence-corrected chi connectivity index (χ0v) is 27.8. The van der Waals surface area contributed by atoms with E-state index in [2.05, 4.69) is 51.3 Å². The van der Waals surface area contributed by atoms with Crippen LogP contribution in [0.1, 0.15) is 35.7 Å². The minimum atomic E-state index is -4.46. The Morgan fingerprint density at radius 3 is 1.73 bits per heavy atom. The molecule has 2 aromatic heterocycles. The quantitative estimate of drug-likeness (QED) is 0.153. The molecule has 2 aliphatic heterocycles. The Morgan fingerprint density at radius 1 is 0.844 bits per heavy atom. The molecule has 0 bridgehead atoms. The van der Waals surface area contributed by atoms with Crippen molar-refractivity contribution in [2.45, 2.75) is 38.0 Å². The summed E-state index contributed by atoms with van der Waals surface area (Å²) in [6, 6.07) is 0. The number of nitrogens with zero attached hydrogens (tertiary/aromatic N) is 7. The SMILES string of the molecule is COC(=O)CCCBr.FC(F)(F)c1nnc(N2CCNCC2)s1.O=C([O-])CCCN1CCN(c2nnc(C(F)(F)F)s2)CC1.[Li+]. The number of esters is 1. The predicted octanol–water partition coefficient (Wildman–Crippen LogP) is -0.486. The Morgan fingerprint density at radius 2 is 1.33 bits per heavy atom. The zero-order chi connectivity index (χ0) is 32.8. The van der Waals surface area contributed by atoms with Gasteiger partial charge in [-0.1, -0.05) is 38.6 Å². The van der Waals surface area contributed by atoms with Gasteiger partial charge in [0.2, 0.25) is 20.3 Å². The number of carbonyl (C=O) groups is 2. The zero-order valence-electron chi connectivity index (χ0n) is 24.6. The fourth-order valence-electron chi connectivity index (χ4n) is 3.69. The number of aromatic nitrogens is 4. The van der Waals surface area contributed by atoms with E-state index in [1.54, 1.807) is 4.90 Å². The van der Waals surface area contributed by atoms with Gasteiger partial charge in [0.25, 0.3) is 0 Å². The van der Waals surface area contributed by atoms with Crippen LogP contribution in [0.3, 0.4) is 0 Å². The second-order valence-corrected chi connectivity index (χ2v) is 11.9. The van der Waals surface area contributed by atoms with Crippen LogP contribution in [-0.4, -0.2) is 109 Å². The smallest absolute Gasteiger partial charge is 0.550 e. The molecule has 2 aromatic rings. The summed E-state index contributed by atoms with van der Waals surface area (Å²) >= 11 is 4.34. The van der Waals surface area contributed by atoms with E-state index in [0.29, 0.717) is 86.5 Å². The number of carboxylic acids is 1. The van der Waals surface area contributed by atoms with E-state index < -0.39 is 28.3 Å². The van der Waals surface area contributed by atoms with Gasteiger partial charge in [0.05, 0.1) is 7.11 Å². The second-order valence-electron chi connectivity index (χ2n) is 9.19. The molecule has 0 amide bonds. The molecule has 4 heterocycles. The maximum absolute atomic E-state index is 12.5. The third-order valence-corrected chi connectivity index (χ3v) is 8.56. The molecule has 45 heavy (non-hydrogen) atoms. The Balaban J connectivity index is 0.000000369. The summed E-state index contributed by atoms with van der Waals surface area (Å²) in [5.41, 5.74) is 0. The van der Waals surface area contributed by atoms with Crippen molar-refractivity contribution in [1.29, 1.82) is 0 Å². The molecule has 0 saturated carbocycles. The van der Waals surface area contributed by atoms with Crippen molar-refractivity contribution in [3.8, 4) is 0 Å². The molecule has 2 aliphatic rings. The normalized spacial score (nSPS) is 15.6. The first-order chi connectivity index (χ1) is 20.7. The van der Waals surface area contributed by atoms with Crippen molar-refractivity contribution >= 4 is 60.8 Å². The number of rotatable bonds is 9. The van der Waals surface area contributed by atoms with Crippen molar-refractivity contribution in [3.05, 3.63) is 10.0 Å². The molecule has 22 heteroatoms. The number of carboxylic acid groups (broad SMARTS) is 1. The number of carbonyl (C=O) groups excluding carboxylic acids is 2. The molecule has 4 rings (SSSR count). The minimum Gasteiger partial charge on any atom is -0.550 e. The van der Waals surface area contributed by atoms with E-state index in [1.165, 1.54) is 7.11 Å². The summed E-state index contributed by atoms with van der Waals surface area (Å²) in [6.45, 7) is 5.95. The predicted molar refractivity (Wildman–Crippen MR) is 153 cm³/mol. The second kappa shape index (κ2) is 20.5. The number of ether oxygens (including phenoxy) is 1. The maximum atomic E-state index is 12.5. The molecule has 0 aliphatic carbocycles. The average Bonchev–Trinajstić information content (AvgIpc) is 3.69. The van der Waals surface area contributed by atoms with Gasteiger partial charge in [-0.3, -0.25) is 9.69 Å². The third kappa shape index (κ3) is 15.6. The van der Waals surface area contributed by atoms with Crippen LogP contribution >= 0.6 is 38.6 Å². The van der Waals surface area contributed by atoms with Crippen molar-refractivity contribution in [1.82, 2.24) is 30.6 Å². The number of piperazine rings is 2. The minimum absolute atomic E-state index is 0. The number of alkyl halides is 7. The first-order valence-corrected chi connectivity index (χ1v) is 16.1. The van der Waals surface area contributed by atoms with Gasteiger partial charge >= 0.3 is 37.2 Å². The fraction of sp³-hybridized carbons (Fsp3) is 0.739. The molecule has 0 aromatic carbocycles. The van der Waals surface area contributed by atoms with Gasteiger partial charge in [-0.15, -0.1) is 20.4 Å². The molecule has 0 radical (unpaired) electrons. The summed E-state index contributed by atoms with van der Waals surface area (Å²) in [4.78, 5) is 26.3. The molecule has 250 valence electrons. The van der Waals surface area contributed by atoms with E-state index in [4.69, 9.17) is 0 Å². The van der Waals surface area contributed by atoms with Crippen LogP contribution in [-0.2, 0) is 26.7 Å². The van der Waals surface area contributed by atoms with Gasteiger partial charge in [0, 0.05) is 70.1 Å². The van der Waals surface area contributed by atoms with Gasteiger partial charge in [-0.25, -0.2) is 0 Å². The Hall–Kier alpha value is -1.76. The van der Waals surface area contributed by atoms with E-state index in [-0.39, 0.29) is 36.4 Å². The van der Waals surface area contributed by atoms with Gasteiger partial charge < -0.3 is 29.8 Å². The van der Waals surface area contributed by atoms with Crippen molar-refractivity contribution < 1.29 is 64.6 Å². The Kier molecular flexibility index (Phi) is 18.8.